The maximum atomic E-state index is 12.3. The fourth-order valence-electron chi connectivity index (χ4n) is 3.57. The first-order chi connectivity index (χ1) is 9.33. The Bertz CT molecular complexity index is 662. The number of allylic oxidation sites excluding steroid dienone is 2. The van der Waals surface area contributed by atoms with Crippen molar-refractivity contribution in [2.75, 3.05) is 0 Å². The predicted octanol–water partition coefficient (Wildman–Crippen LogP) is -0.267. The van der Waals surface area contributed by atoms with Crippen molar-refractivity contribution in [3.63, 3.8) is 0 Å². The van der Waals surface area contributed by atoms with E-state index >= 15 is 0 Å². The van der Waals surface area contributed by atoms with Crippen LogP contribution in [0.5, 0.6) is 0 Å². The Morgan fingerprint density at radius 1 is 0.800 bits per heavy atom. The molecule has 0 atom stereocenters. The first kappa shape index (κ1) is 13.6. The van der Waals surface area contributed by atoms with Gasteiger partial charge >= 0.3 is 18.9 Å². The smallest absolute Gasteiger partial charge is 0.875 e. The molecule has 0 aliphatic heterocycles. The van der Waals surface area contributed by atoms with Gasteiger partial charge in [-0.1, -0.05) is 48.5 Å². The van der Waals surface area contributed by atoms with Crippen LogP contribution in [-0.2, 0) is 19.3 Å². The molecule has 0 saturated heterocycles. The molecule has 0 fully saturated rings. The molecule has 0 saturated carbocycles. The predicted molar refractivity (Wildman–Crippen MR) is 74.4 cm³/mol. The molecule has 0 unspecified atom stereocenters. The molecule has 2 heteroatoms. The minimum atomic E-state index is 0. The summed E-state index contributed by atoms with van der Waals surface area (Å²) in [6.45, 7) is 0. The van der Waals surface area contributed by atoms with E-state index in [0.717, 1.165) is 18.4 Å². The van der Waals surface area contributed by atoms with E-state index in [0.29, 0.717) is 18.1 Å². The minimum Gasteiger partial charge on any atom is -0.875 e. The van der Waals surface area contributed by atoms with E-state index in [2.05, 4.69) is 36.4 Å². The van der Waals surface area contributed by atoms with Gasteiger partial charge in [0.25, 0.3) is 0 Å². The zero-order valence-corrected chi connectivity index (χ0v) is 11.7. The van der Waals surface area contributed by atoms with Crippen molar-refractivity contribution in [1.29, 1.82) is 0 Å². The minimum absolute atomic E-state index is 0. The fraction of sp³-hybridized carbons (Fsp3) is 0.222. The second kappa shape index (κ2) is 5.17. The largest absolute Gasteiger partial charge is 1.00 e. The Morgan fingerprint density at radius 2 is 1.35 bits per heavy atom. The second-order valence-corrected chi connectivity index (χ2v) is 5.54. The zero-order chi connectivity index (χ0) is 12.8. The van der Waals surface area contributed by atoms with Gasteiger partial charge in [0.15, 0.2) is 0 Å². The summed E-state index contributed by atoms with van der Waals surface area (Å²) in [5.41, 5.74) is 6.31. The van der Waals surface area contributed by atoms with Gasteiger partial charge in [-0.15, -0.1) is 5.76 Å². The van der Waals surface area contributed by atoms with E-state index in [1.807, 2.05) is 12.1 Å². The van der Waals surface area contributed by atoms with Crippen molar-refractivity contribution in [3.05, 3.63) is 76.5 Å². The molecule has 4 rings (SSSR count). The van der Waals surface area contributed by atoms with Crippen LogP contribution in [0.2, 0.25) is 0 Å². The molecule has 20 heavy (non-hydrogen) atoms. The molecule has 2 aliphatic rings. The number of rotatable bonds is 1. The van der Waals surface area contributed by atoms with Crippen molar-refractivity contribution in [3.8, 4) is 0 Å². The van der Waals surface area contributed by atoms with Crippen molar-refractivity contribution >= 4 is 5.57 Å². The van der Waals surface area contributed by atoms with Crippen LogP contribution in [0.1, 0.15) is 22.3 Å². The molecule has 2 aromatic carbocycles. The summed E-state index contributed by atoms with van der Waals surface area (Å²) in [4.78, 5) is 0. The van der Waals surface area contributed by atoms with E-state index in [1.165, 1.54) is 22.3 Å². The average Bonchev–Trinajstić information content (AvgIpc) is 2.97. The van der Waals surface area contributed by atoms with E-state index < -0.39 is 0 Å². The van der Waals surface area contributed by atoms with Gasteiger partial charge in [0.1, 0.15) is 0 Å². The van der Waals surface area contributed by atoms with Gasteiger partial charge in [-0.05, 0) is 53.0 Å². The topological polar surface area (TPSA) is 23.1 Å². The summed E-state index contributed by atoms with van der Waals surface area (Å²) >= 11 is 0. The van der Waals surface area contributed by atoms with Gasteiger partial charge in [-0.25, -0.2) is 0 Å². The van der Waals surface area contributed by atoms with E-state index in [4.69, 9.17) is 0 Å². The maximum absolute atomic E-state index is 12.3. The molecule has 0 spiro atoms. The monoisotopic (exact) mass is 254 g/mol. The summed E-state index contributed by atoms with van der Waals surface area (Å²) in [7, 11) is 0. The van der Waals surface area contributed by atoms with Crippen LogP contribution >= 0.6 is 0 Å². The molecule has 94 valence electrons. The van der Waals surface area contributed by atoms with Crippen LogP contribution in [0.25, 0.3) is 5.57 Å². The molecule has 0 amide bonds. The van der Waals surface area contributed by atoms with E-state index in [1.54, 1.807) is 0 Å². The second-order valence-electron chi connectivity index (χ2n) is 5.54. The molecular weight excluding hydrogens is 239 g/mol. The van der Waals surface area contributed by atoms with Crippen LogP contribution < -0.4 is 24.0 Å². The molecule has 1 nitrogen and oxygen atoms in total. The molecule has 0 N–H and O–H groups in total. The molecule has 0 aromatic heterocycles. The third-order valence-corrected chi connectivity index (χ3v) is 4.42. The van der Waals surface area contributed by atoms with Gasteiger partial charge in [0.2, 0.25) is 0 Å². The average molecular weight is 254 g/mol. The van der Waals surface area contributed by atoms with Gasteiger partial charge in [-0.3, -0.25) is 0 Å². The van der Waals surface area contributed by atoms with Crippen LogP contribution in [-0.4, -0.2) is 0 Å². The van der Waals surface area contributed by atoms with Gasteiger partial charge in [0, 0.05) is 0 Å². The van der Waals surface area contributed by atoms with Gasteiger partial charge in [0.05, 0.1) is 0 Å². The first-order valence-electron chi connectivity index (χ1n) is 6.88. The number of fused-ring (bicyclic) bond motifs is 2. The Balaban J connectivity index is 0.00000121. The Morgan fingerprint density at radius 3 is 2.00 bits per heavy atom. The molecule has 0 heterocycles. The van der Waals surface area contributed by atoms with Crippen molar-refractivity contribution in [2.45, 2.75) is 19.3 Å². The number of hydrogen-bond acceptors (Lipinski definition) is 1. The molecular formula is C18H15LiO. The number of hydrogen-bond donors (Lipinski definition) is 0. The van der Waals surface area contributed by atoms with Crippen molar-refractivity contribution in [1.82, 2.24) is 0 Å². The first-order valence-corrected chi connectivity index (χ1v) is 6.88. The van der Waals surface area contributed by atoms with Crippen molar-refractivity contribution < 1.29 is 24.0 Å². The molecule has 0 radical (unpaired) electrons. The summed E-state index contributed by atoms with van der Waals surface area (Å²) in [5.74, 6) is 0.715. The Labute approximate surface area is 131 Å². The fourth-order valence-corrected chi connectivity index (χ4v) is 3.57. The quantitative estimate of drug-likeness (QED) is 0.643. The molecule has 0 bridgehead atoms. The third-order valence-electron chi connectivity index (χ3n) is 4.42. The standard InChI is InChI=1S/C18H16O.Li/c19-17-11-14-7-3-4-8-16(14)18(17)15-9-12-5-1-2-6-13(12)10-15;/h1-8,15,19H,9-11H2;/q;+1/p-1. The van der Waals surface area contributed by atoms with E-state index in [9.17, 15) is 5.11 Å². The van der Waals surface area contributed by atoms with Crippen LogP contribution in [0.15, 0.2) is 54.3 Å². The summed E-state index contributed by atoms with van der Waals surface area (Å²) < 4.78 is 0. The van der Waals surface area contributed by atoms with E-state index in [-0.39, 0.29) is 18.9 Å². The summed E-state index contributed by atoms with van der Waals surface area (Å²) in [6, 6.07) is 16.8. The van der Waals surface area contributed by atoms with Crippen molar-refractivity contribution in [2.24, 2.45) is 5.92 Å². The van der Waals surface area contributed by atoms with Gasteiger partial charge < -0.3 is 5.11 Å². The number of benzene rings is 2. The van der Waals surface area contributed by atoms with Gasteiger partial charge in [-0.2, -0.15) is 0 Å². The SMILES string of the molecule is [Li+].[O-]C1=C(C2Cc3ccccc3C2)c2ccccc2C1. The summed E-state index contributed by atoms with van der Waals surface area (Å²) in [6.07, 6.45) is 2.63. The van der Waals surface area contributed by atoms with Crippen LogP contribution in [0, 0.1) is 5.92 Å². The third kappa shape index (κ3) is 2.02. The van der Waals surface area contributed by atoms with Crippen LogP contribution in [0.3, 0.4) is 0 Å². The Hall–Kier alpha value is -1.42. The molecule has 2 aromatic rings. The Kier molecular flexibility index (Phi) is 3.50. The maximum Gasteiger partial charge on any atom is 1.00 e. The molecule has 2 aliphatic carbocycles. The zero-order valence-electron chi connectivity index (χ0n) is 11.7. The normalized spacial score (nSPS) is 16.8. The summed E-state index contributed by atoms with van der Waals surface area (Å²) in [5, 5.41) is 12.3. The van der Waals surface area contributed by atoms with Crippen LogP contribution in [0.4, 0.5) is 0 Å².